The lowest BCUT2D eigenvalue weighted by atomic mass is 10.2. The van der Waals surface area contributed by atoms with Crippen LogP contribution in [0.1, 0.15) is 5.56 Å². The summed E-state index contributed by atoms with van der Waals surface area (Å²) in [6.07, 6.45) is 3.25. The van der Waals surface area contributed by atoms with Gasteiger partial charge >= 0.3 is 0 Å². The van der Waals surface area contributed by atoms with Crippen LogP contribution in [0.25, 0.3) is 0 Å². The number of halogens is 2. The van der Waals surface area contributed by atoms with Crippen LogP contribution in [-0.2, 0) is 13.1 Å². The summed E-state index contributed by atoms with van der Waals surface area (Å²) >= 11 is 0. The SMILES string of the molecule is OCCn1cc(NCc2cccc(F)c2F)cn1. The molecule has 0 spiro atoms. The van der Waals surface area contributed by atoms with Crippen LogP contribution in [-0.4, -0.2) is 21.5 Å². The Morgan fingerprint density at radius 3 is 2.94 bits per heavy atom. The Kier molecular flexibility index (Phi) is 3.88. The lowest BCUT2D eigenvalue weighted by molar-refractivity contribution is 0.269. The van der Waals surface area contributed by atoms with E-state index in [1.165, 1.54) is 12.1 Å². The van der Waals surface area contributed by atoms with Gasteiger partial charge in [0.2, 0.25) is 0 Å². The Hall–Kier alpha value is -1.95. The molecule has 4 nitrogen and oxygen atoms in total. The van der Waals surface area contributed by atoms with Gasteiger partial charge in [0.05, 0.1) is 25.0 Å². The van der Waals surface area contributed by atoms with E-state index in [1.807, 2.05) is 0 Å². The number of nitrogens with zero attached hydrogens (tertiary/aromatic N) is 2. The molecule has 0 amide bonds. The fraction of sp³-hybridized carbons (Fsp3) is 0.250. The third-order valence-corrected chi connectivity index (χ3v) is 2.48. The molecular weight excluding hydrogens is 240 g/mol. The van der Waals surface area contributed by atoms with Crippen LogP contribution in [0.2, 0.25) is 0 Å². The molecule has 1 aromatic carbocycles. The van der Waals surface area contributed by atoms with Gasteiger partial charge in [-0.2, -0.15) is 5.10 Å². The Labute approximate surface area is 103 Å². The van der Waals surface area contributed by atoms with Crippen molar-refractivity contribution in [2.45, 2.75) is 13.1 Å². The van der Waals surface area contributed by atoms with Crippen molar-refractivity contribution in [3.8, 4) is 0 Å². The van der Waals surface area contributed by atoms with Crippen molar-refractivity contribution in [1.82, 2.24) is 9.78 Å². The van der Waals surface area contributed by atoms with Crippen LogP contribution in [0, 0.1) is 11.6 Å². The average Bonchev–Trinajstić information content (AvgIpc) is 2.79. The third kappa shape index (κ3) is 2.84. The standard InChI is InChI=1S/C12H13F2N3O/c13-11-3-1-2-9(12(11)14)6-15-10-7-16-17(8-10)4-5-18/h1-3,7-8,15,18H,4-6H2. The summed E-state index contributed by atoms with van der Waals surface area (Å²) in [4.78, 5) is 0. The van der Waals surface area contributed by atoms with E-state index in [0.717, 1.165) is 6.07 Å². The second kappa shape index (κ2) is 5.59. The number of nitrogens with one attached hydrogen (secondary N) is 1. The molecular formula is C12H13F2N3O. The van der Waals surface area contributed by atoms with E-state index in [-0.39, 0.29) is 18.7 Å². The first-order chi connectivity index (χ1) is 8.70. The van der Waals surface area contributed by atoms with E-state index < -0.39 is 11.6 Å². The predicted octanol–water partition coefficient (Wildman–Crippen LogP) is 1.77. The Bertz CT molecular complexity index is 528. The van der Waals surface area contributed by atoms with Gasteiger partial charge in [0.1, 0.15) is 0 Å². The van der Waals surface area contributed by atoms with E-state index in [0.29, 0.717) is 12.2 Å². The number of anilines is 1. The number of hydrogen-bond acceptors (Lipinski definition) is 3. The van der Waals surface area contributed by atoms with Gasteiger partial charge in [-0.1, -0.05) is 12.1 Å². The first kappa shape index (κ1) is 12.5. The molecule has 0 unspecified atom stereocenters. The van der Waals surface area contributed by atoms with Gasteiger partial charge in [-0.25, -0.2) is 8.78 Å². The van der Waals surface area contributed by atoms with E-state index in [1.54, 1.807) is 17.1 Å². The summed E-state index contributed by atoms with van der Waals surface area (Å²) in [5.74, 6) is -1.70. The highest BCUT2D eigenvalue weighted by Gasteiger charge is 2.07. The maximum absolute atomic E-state index is 13.4. The monoisotopic (exact) mass is 253 g/mol. The predicted molar refractivity (Wildman–Crippen MR) is 63.0 cm³/mol. The minimum Gasteiger partial charge on any atom is -0.394 e. The Morgan fingerprint density at radius 1 is 1.33 bits per heavy atom. The molecule has 6 heteroatoms. The molecule has 0 aliphatic heterocycles. The smallest absolute Gasteiger partial charge is 0.163 e. The normalized spacial score (nSPS) is 10.6. The summed E-state index contributed by atoms with van der Waals surface area (Å²) < 4.78 is 27.9. The van der Waals surface area contributed by atoms with Crippen molar-refractivity contribution in [2.24, 2.45) is 0 Å². The second-order valence-electron chi connectivity index (χ2n) is 3.78. The van der Waals surface area contributed by atoms with Crippen molar-refractivity contribution in [3.05, 3.63) is 47.8 Å². The molecule has 0 aliphatic rings. The Balaban J connectivity index is 2.00. The molecule has 0 bridgehead atoms. The maximum Gasteiger partial charge on any atom is 0.163 e. The highest BCUT2D eigenvalue weighted by Crippen LogP contribution is 2.13. The summed E-state index contributed by atoms with van der Waals surface area (Å²) in [7, 11) is 0. The molecule has 2 aromatic rings. The van der Waals surface area contributed by atoms with Crippen LogP contribution in [0.15, 0.2) is 30.6 Å². The number of aliphatic hydroxyl groups is 1. The number of aromatic nitrogens is 2. The minimum atomic E-state index is -0.856. The third-order valence-electron chi connectivity index (χ3n) is 2.48. The van der Waals surface area contributed by atoms with Crippen molar-refractivity contribution in [2.75, 3.05) is 11.9 Å². The van der Waals surface area contributed by atoms with E-state index in [9.17, 15) is 8.78 Å². The molecule has 1 aromatic heterocycles. The molecule has 2 rings (SSSR count). The lowest BCUT2D eigenvalue weighted by Gasteiger charge is -2.05. The van der Waals surface area contributed by atoms with Crippen molar-refractivity contribution >= 4 is 5.69 Å². The summed E-state index contributed by atoms with van der Waals surface area (Å²) in [5.41, 5.74) is 0.942. The molecule has 0 saturated carbocycles. The molecule has 0 atom stereocenters. The van der Waals surface area contributed by atoms with Crippen molar-refractivity contribution in [3.63, 3.8) is 0 Å². The van der Waals surface area contributed by atoms with Crippen LogP contribution in [0.3, 0.4) is 0 Å². The van der Waals surface area contributed by atoms with Crippen molar-refractivity contribution < 1.29 is 13.9 Å². The lowest BCUT2D eigenvalue weighted by Crippen LogP contribution is -2.03. The average molecular weight is 253 g/mol. The molecule has 0 aliphatic carbocycles. The van der Waals surface area contributed by atoms with Gasteiger partial charge in [-0.3, -0.25) is 4.68 Å². The minimum absolute atomic E-state index is 0.000353. The van der Waals surface area contributed by atoms with Crippen molar-refractivity contribution in [1.29, 1.82) is 0 Å². The van der Waals surface area contributed by atoms with Crippen LogP contribution >= 0.6 is 0 Å². The fourth-order valence-electron chi connectivity index (χ4n) is 1.56. The quantitative estimate of drug-likeness (QED) is 0.853. The highest BCUT2D eigenvalue weighted by atomic mass is 19.2. The van der Waals surface area contributed by atoms with E-state index >= 15 is 0 Å². The van der Waals surface area contributed by atoms with E-state index in [4.69, 9.17) is 5.11 Å². The number of hydrogen-bond donors (Lipinski definition) is 2. The maximum atomic E-state index is 13.4. The van der Waals surface area contributed by atoms with Crippen LogP contribution in [0.5, 0.6) is 0 Å². The van der Waals surface area contributed by atoms with Gasteiger partial charge in [-0.15, -0.1) is 0 Å². The molecule has 1 heterocycles. The van der Waals surface area contributed by atoms with Gasteiger partial charge in [-0.05, 0) is 6.07 Å². The molecule has 18 heavy (non-hydrogen) atoms. The van der Waals surface area contributed by atoms with Crippen LogP contribution in [0.4, 0.5) is 14.5 Å². The van der Waals surface area contributed by atoms with Gasteiger partial charge in [0, 0.05) is 18.3 Å². The zero-order chi connectivity index (χ0) is 13.0. The molecule has 96 valence electrons. The van der Waals surface area contributed by atoms with Gasteiger partial charge < -0.3 is 10.4 Å². The molecule has 2 N–H and O–H groups in total. The summed E-state index contributed by atoms with van der Waals surface area (Å²) in [5, 5.41) is 15.7. The molecule has 0 radical (unpaired) electrons. The van der Waals surface area contributed by atoms with E-state index in [2.05, 4.69) is 10.4 Å². The molecule has 0 saturated heterocycles. The highest BCUT2D eigenvalue weighted by molar-refractivity contribution is 5.39. The number of aliphatic hydroxyl groups excluding tert-OH is 1. The largest absolute Gasteiger partial charge is 0.394 e. The van der Waals surface area contributed by atoms with Crippen LogP contribution < -0.4 is 5.32 Å². The zero-order valence-corrected chi connectivity index (χ0v) is 9.61. The number of rotatable bonds is 5. The number of benzene rings is 1. The molecule has 0 fully saturated rings. The van der Waals surface area contributed by atoms with Gasteiger partial charge in [0.15, 0.2) is 11.6 Å². The Morgan fingerprint density at radius 2 is 2.17 bits per heavy atom. The first-order valence-electron chi connectivity index (χ1n) is 5.51. The topological polar surface area (TPSA) is 50.1 Å². The van der Waals surface area contributed by atoms with Gasteiger partial charge in [0.25, 0.3) is 0 Å². The first-order valence-corrected chi connectivity index (χ1v) is 5.51. The fourth-order valence-corrected chi connectivity index (χ4v) is 1.56. The zero-order valence-electron chi connectivity index (χ0n) is 9.61. The summed E-state index contributed by atoms with van der Waals surface area (Å²) in [6, 6.07) is 4.06. The summed E-state index contributed by atoms with van der Waals surface area (Å²) in [6.45, 7) is 0.573. The second-order valence-corrected chi connectivity index (χ2v) is 3.78.